The summed E-state index contributed by atoms with van der Waals surface area (Å²) in [5.41, 5.74) is 1.52. The fraction of sp³-hybridized carbons (Fsp3) is 0.571. The summed E-state index contributed by atoms with van der Waals surface area (Å²) in [5, 5.41) is 1.14. The van der Waals surface area contributed by atoms with Gasteiger partial charge in [-0.05, 0) is 43.8 Å². The average molecular weight is 282 g/mol. The first kappa shape index (κ1) is 12.1. The third-order valence-electron chi connectivity index (χ3n) is 3.40. The van der Waals surface area contributed by atoms with E-state index >= 15 is 0 Å². The quantitative estimate of drug-likeness (QED) is 0.588. The highest BCUT2D eigenvalue weighted by Gasteiger charge is 2.22. The Morgan fingerprint density at radius 1 is 1.19 bits per heavy atom. The standard InChI is InChI=1S/C14H20BrN/c15-9-4-5-10-16-11-8-14(12-16)13-6-2-1-3-7-13/h1-3,6-7,14H,4-5,8-12H2. The highest BCUT2D eigenvalue weighted by atomic mass is 79.9. The zero-order valence-electron chi connectivity index (χ0n) is 9.74. The van der Waals surface area contributed by atoms with Crippen molar-refractivity contribution in [1.29, 1.82) is 0 Å². The molecule has 1 aliphatic heterocycles. The first-order valence-corrected chi connectivity index (χ1v) is 7.35. The van der Waals surface area contributed by atoms with Gasteiger partial charge in [0.15, 0.2) is 0 Å². The summed E-state index contributed by atoms with van der Waals surface area (Å²) in [4.78, 5) is 2.61. The molecule has 0 N–H and O–H groups in total. The van der Waals surface area contributed by atoms with Crippen molar-refractivity contribution in [2.75, 3.05) is 25.0 Å². The lowest BCUT2D eigenvalue weighted by atomic mass is 9.99. The van der Waals surface area contributed by atoms with Crippen molar-refractivity contribution in [2.24, 2.45) is 0 Å². The minimum Gasteiger partial charge on any atom is -0.303 e. The van der Waals surface area contributed by atoms with Gasteiger partial charge < -0.3 is 4.90 Å². The van der Waals surface area contributed by atoms with Gasteiger partial charge in [0.2, 0.25) is 0 Å². The van der Waals surface area contributed by atoms with Gasteiger partial charge in [-0.2, -0.15) is 0 Å². The molecule has 0 saturated carbocycles. The van der Waals surface area contributed by atoms with Crippen molar-refractivity contribution in [3.63, 3.8) is 0 Å². The fourth-order valence-electron chi connectivity index (χ4n) is 2.46. The maximum atomic E-state index is 3.49. The lowest BCUT2D eigenvalue weighted by Crippen LogP contribution is -2.21. The molecule has 0 amide bonds. The van der Waals surface area contributed by atoms with E-state index in [-0.39, 0.29) is 0 Å². The minimum atomic E-state index is 0.769. The van der Waals surface area contributed by atoms with Gasteiger partial charge in [0.05, 0.1) is 0 Å². The molecule has 1 saturated heterocycles. The smallest absolute Gasteiger partial charge is 0.00507 e. The van der Waals surface area contributed by atoms with E-state index in [1.165, 1.54) is 44.5 Å². The van der Waals surface area contributed by atoms with Crippen LogP contribution in [-0.2, 0) is 0 Å². The van der Waals surface area contributed by atoms with Crippen LogP contribution in [-0.4, -0.2) is 29.9 Å². The first-order chi connectivity index (χ1) is 7.90. The number of rotatable bonds is 5. The summed E-state index contributed by atoms with van der Waals surface area (Å²) in [6, 6.07) is 11.0. The van der Waals surface area contributed by atoms with Gasteiger partial charge >= 0.3 is 0 Å². The molecule has 0 bridgehead atoms. The van der Waals surface area contributed by atoms with Crippen LogP contribution in [0.25, 0.3) is 0 Å². The Hall–Kier alpha value is -0.340. The molecule has 0 spiro atoms. The van der Waals surface area contributed by atoms with E-state index in [4.69, 9.17) is 0 Å². The van der Waals surface area contributed by atoms with Crippen LogP contribution in [0.15, 0.2) is 30.3 Å². The molecule has 1 aromatic rings. The highest BCUT2D eigenvalue weighted by molar-refractivity contribution is 9.09. The van der Waals surface area contributed by atoms with Gasteiger partial charge in [0.1, 0.15) is 0 Å². The Labute approximate surface area is 107 Å². The predicted octanol–water partition coefficient (Wildman–Crippen LogP) is 3.65. The predicted molar refractivity (Wildman–Crippen MR) is 73.3 cm³/mol. The Bertz CT molecular complexity index is 299. The normalized spacial score (nSPS) is 21.4. The van der Waals surface area contributed by atoms with E-state index < -0.39 is 0 Å². The lowest BCUT2D eigenvalue weighted by molar-refractivity contribution is 0.328. The molecule has 1 unspecified atom stereocenters. The molecule has 88 valence electrons. The topological polar surface area (TPSA) is 3.24 Å². The molecule has 0 aromatic heterocycles. The molecule has 1 heterocycles. The second-order valence-electron chi connectivity index (χ2n) is 4.59. The second kappa shape index (κ2) is 6.41. The number of halogens is 1. The van der Waals surface area contributed by atoms with Crippen LogP contribution >= 0.6 is 15.9 Å². The van der Waals surface area contributed by atoms with E-state index in [9.17, 15) is 0 Å². The Balaban J connectivity index is 1.79. The zero-order valence-corrected chi connectivity index (χ0v) is 11.3. The molecule has 1 nitrogen and oxygen atoms in total. The summed E-state index contributed by atoms with van der Waals surface area (Å²) < 4.78 is 0. The van der Waals surface area contributed by atoms with Crippen LogP contribution < -0.4 is 0 Å². The summed E-state index contributed by atoms with van der Waals surface area (Å²) in [6.07, 6.45) is 3.96. The number of hydrogen-bond donors (Lipinski definition) is 0. The maximum Gasteiger partial charge on any atom is 0.00507 e. The van der Waals surface area contributed by atoms with Crippen molar-refractivity contribution >= 4 is 15.9 Å². The van der Waals surface area contributed by atoms with Crippen LogP contribution in [0.2, 0.25) is 0 Å². The summed E-state index contributed by atoms with van der Waals surface area (Å²) >= 11 is 3.49. The van der Waals surface area contributed by atoms with E-state index in [0.717, 1.165) is 11.2 Å². The number of hydrogen-bond acceptors (Lipinski definition) is 1. The van der Waals surface area contributed by atoms with Gasteiger partial charge in [0, 0.05) is 11.9 Å². The van der Waals surface area contributed by atoms with E-state index in [1.807, 2.05) is 0 Å². The van der Waals surface area contributed by atoms with Crippen LogP contribution in [0.5, 0.6) is 0 Å². The molecule has 2 rings (SSSR count). The Kier molecular flexibility index (Phi) is 4.86. The number of alkyl halides is 1. The van der Waals surface area contributed by atoms with Gasteiger partial charge in [-0.15, -0.1) is 0 Å². The molecule has 0 radical (unpaired) electrons. The maximum absolute atomic E-state index is 3.49. The van der Waals surface area contributed by atoms with Gasteiger partial charge in [0.25, 0.3) is 0 Å². The number of likely N-dealkylation sites (tertiary alicyclic amines) is 1. The van der Waals surface area contributed by atoms with Crippen LogP contribution in [0.4, 0.5) is 0 Å². The molecule has 1 atom stereocenters. The molecule has 16 heavy (non-hydrogen) atoms. The largest absolute Gasteiger partial charge is 0.303 e. The summed E-state index contributed by atoms with van der Waals surface area (Å²) in [7, 11) is 0. The molecular formula is C14H20BrN. The molecule has 1 fully saturated rings. The molecule has 0 aliphatic carbocycles. The molecule has 1 aliphatic rings. The van der Waals surface area contributed by atoms with Gasteiger partial charge in [-0.3, -0.25) is 0 Å². The lowest BCUT2D eigenvalue weighted by Gasteiger charge is -2.15. The fourth-order valence-corrected chi connectivity index (χ4v) is 2.86. The Morgan fingerprint density at radius 3 is 2.75 bits per heavy atom. The van der Waals surface area contributed by atoms with Gasteiger partial charge in [-0.1, -0.05) is 46.3 Å². The average Bonchev–Trinajstić information content (AvgIpc) is 2.79. The summed E-state index contributed by atoms with van der Waals surface area (Å²) in [5.74, 6) is 0.769. The number of unbranched alkanes of at least 4 members (excludes halogenated alkanes) is 1. The van der Waals surface area contributed by atoms with Crippen molar-refractivity contribution in [2.45, 2.75) is 25.2 Å². The number of benzene rings is 1. The van der Waals surface area contributed by atoms with Crippen molar-refractivity contribution in [3.05, 3.63) is 35.9 Å². The zero-order chi connectivity index (χ0) is 11.2. The number of nitrogens with zero attached hydrogens (tertiary/aromatic N) is 1. The Morgan fingerprint density at radius 2 is 2.00 bits per heavy atom. The molecule has 2 heteroatoms. The highest BCUT2D eigenvalue weighted by Crippen LogP contribution is 2.26. The SMILES string of the molecule is BrCCCCN1CCC(c2ccccc2)C1. The third-order valence-corrected chi connectivity index (χ3v) is 3.96. The van der Waals surface area contributed by atoms with Crippen molar-refractivity contribution in [3.8, 4) is 0 Å². The van der Waals surface area contributed by atoms with E-state index in [0.29, 0.717) is 0 Å². The van der Waals surface area contributed by atoms with Crippen LogP contribution in [0.1, 0.15) is 30.7 Å². The molecule has 1 aromatic carbocycles. The van der Waals surface area contributed by atoms with Gasteiger partial charge in [-0.25, -0.2) is 0 Å². The third kappa shape index (κ3) is 3.33. The first-order valence-electron chi connectivity index (χ1n) is 6.23. The minimum absolute atomic E-state index is 0.769. The van der Waals surface area contributed by atoms with Crippen molar-refractivity contribution in [1.82, 2.24) is 4.90 Å². The summed E-state index contributed by atoms with van der Waals surface area (Å²) in [6.45, 7) is 3.81. The van der Waals surface area contributed by atoms with E-state index in [2.05, 4.69) is 51.2 Å². The van der Waals surface area contributed by atoms with E-state index in [1.54, 1.807) is 0 Å². The van der Waals surface area contributed by atoms with Crippen LogP contribution in [0.3, 0.4) is 0 Å². The second-order valence-corrected chi connectivity index (χ2v) is 5.39. The monoisotopic (exact) mass is 281 g/mol. The van der Waals surface area contributed by atoms with Crippen LogP contribution in [0, 0.1) is 0 Å². The van der Waals surface area contributed by atoms with Crippen molar-refractivity contribution < 1.29 is 0 Å². The molecular weight excluding hydrogens is 262 g/mol.